The van der Waals surface area contributed by atoms with Gasteiger partial charge in [0, 0.05) is 32.4 Å². The minimum atomic E-state index is -3.21. The topological polar surface area (TPSA) is 69.7 Å². The number of likely N-dealkylation sites (N-methyl/N-ethyl adjacent to an activating group) is 1. The second kappa shape index (κ2) is 8.10. The molecule has 0 saturated carbocycles. The molecule has 0 spiro atoms. The average molecular weight is 388 g/mol. The summed E-state index contributed by atoms with van der Waals surface area (Å²) in [5.74, 6) is 0. The molecule has 27 heavy (non-hydrogen) atoms. The van der Waals surface area contributed by atoms with Crippen LogP contribution in [0.3, 0.4) is 0 Å². The number of sulfone groups is 1. The van der Waals surface area contributed by atoms with E-state index in [0.717, 1.165) is 24.2 Å². The number of rotatable bonds is 4. The van der Waals surface area contributed by atoms with E-state index in [1.165, 1.54) is 6.26 Å². The molecule has 1 N–H and O–H groups in total. The Balaban J connectivity index is 1.67. The van der Waals surface area contributed by atoms with E-state index in [-0.39, 0.29) is 17.0 Å². The zero-order valence-corrected chi connectivity index (χ0v) is 16.4. The number of urea groups is 1. The monoisotopic (exact) mass is 387 g/mol. The second-order valence-electron chi connectivity index (χ2n) is 6.96. The Bertz CT molecular complexity index is 882. The Labute approximate surface area is 160 Å². The van der Waals surface area contributed by atoms with E-state index in [2.05, 4.69) is 17.3 Å². The van der Waals surface area contributed by atoms with Crippen LogP contribution in [0.2, 0.25) is 0 Å². The number of nitrogens with one attached hydrogen (secondary N) is 1. The molecular weight excluding hydrogens is 362 g/mol. The van der Waals surface area contributed by atoms with Crippen molar-refractivity contribution in [3.63, 3.8) is 0 Å². The summed E-state index contributed by atoms with van der Waals surface area (Å²) in [5, 5.41) is 2.96. The Morgan fingerprint density at radius 3 is 2.37 bits per heavy atom. The molecule has 0 bridgehead atoms. The minimum Gasteiger partial charge on any atom is -0.334 e. The average Bonchev–Trinajstić information content (AvgIpc) is 2.66. The zero-order chi connectivity index (χ0) is 19.4. The van der Waals surface area contributed by atoms with Crippen molar-refractivity contribution in [3.05, 3.63) is 65.7 Å². The molecule has 1 unspecified atom stereocenters. The maximum absolute atomic E-state index is 12.8. The molecule has 1 aliphatic rings. The van der Waals surface area contributed by atoms with Crippen molar-refractivity contribution in [2.75, 3.05) is 32.9 Å². The van der Waals surface area contributed by atoms with Crippen LogP contribution in [0.4, 0.5) is 4.79 Å². The number of hydrogen-bond acceptors (Lipinski definition) is 4. The van der Waals surface area contributed by atoms with Gasteiger partial charge < -0.3 is 15.1 Å². The van der Waals surface area contributed by atoms with Gasteiger partial charge in [0.05, 0.1) is 10.9 Å². The predicted octanol–water partition coefficient (Wildman–Crippen LogP) is 2.29. The van der Waals surface area contributed by atoms with Crippen molar-refractivity contribution >= 4 is 15.9 Å². The van der Waals surface area contributed by atoms with E-state index in [1.54, 1.807) is 24.3 Å². The molecule has 2 amide bonds. The fourth-order valence-electron chi connectivity index (χ4n) is 3.26. The Morgan fingerprint density at radius 1 is 1.07 bits per heavy atom. The lowest BCUT2D eigenvalue weighted by Crippen LogP contribution is -2.52. The van der Waals surface area contributed by atoms with E-state index < -0.39 is 9.84 Å². The van der Waals surface area contributed by atoms with Crippen LogP contribution in [0.15, 0.2) is 59.5 Å². The number of benzene rings is 2. The number of nitrogens with zero attached hydrogens (tertiary/aromatic N) is 2. The molecule has 1 aliphatic heterocycles. The van der Waals surface area contributed by atoms with Crippen molar-refractivity contribution in [1.29, 1.82) is 0 Å². The largest absolute Gasteiger partial charge is 0.334 e. The maximum Gasteiger partial charge on any atom is 0.318 e. The summed E-state index contributed by atoms with van der Waals surface area (Å²) in [5.41, 5.74) is 1.98. The summed E-state index contributed by atoms with van der Waals surface area (Å²) in [6.45, 7) is 2.64. The van der Waals surface area contributed by atoms with Crippen molar-refractivity contribution in [2.24, 2.45) is 0 Å². The fraction of sp³-hybridized carbons (Fsp3) is 0.350. The van der Waals surface area contributed by atoms with Gasteiger partial charge in [-0.2, -0.15) is 0 Å². The van der Waals surface area contributed by atoms with Gasteiger partial charge in [-0.25, -0.2) is 13.2 Å². The van der Waals surface area contributed by atoms with Gasteiger partial charge in [-0.05, 0) is 30.3 Å². The van der Waals surface area contributed by atoms with E-state index >= 15 is 0 Å². The Hall–Kier alpha value is -2.38. The lowest BCUT2D eigenvalue weighted by molar-refractivity contribution is 0.108. The van der Waals surface area contributed by atoms with Crippen molar-refractivity contribution in [1.82, 2.24) is 15.1 Å². The lowest BCUT2D eigenvalue weighted by atomic mass is 10.0. The highest BCUT2D eigenvalue weighted by Gasteiger charge is 2.30. The highest BCUT2D eigenvalue weighted by Crippen LogP contribution is 2.24. The van der Waals surface area contributed by atoms with Gasteiger partial charge in [0.2, 0.25) is 0 Å². The smallest absolute Gasteiger partial charge is 0.318 e. The Kier molecular flexibility index (Phi) is 5.82. The summed E-state index contributed by atoms with van der Waals surface area (Å²) in [6.07, 6.45) is 1.18. The van der Waals surface area contributed by atoms with Gasteiger partial charge in [-0.1, -0.05) is 42.5 Å². The first-order chi connectivity index (χ1) is 12.8. The summed E-state index contributed by atoms with van der Waals surface area (Å²) in [6, 6.07) is 16.6. The molecule has 144 valence electrons. The number of amides is 2. The molecule has 0 aromatic heterocycles. The summed E-state index contributed by atoms with van der Waals surface area (Å²) < 4.78 is 23.1. The second-order valence-corrected chi connectivity index (χ2v) is 8.97. The molecule has 1 saturated heterocycles. The molecule has 6 nitrogen and oxygen atoms in total. The first-order valence-electron chi connectivity index (χ1n) is 8.91. The lowest BCUT2D eigenvalue weighted by Gasteiger charge is -2.40. The normalized spacial score (nSPS) is 18.3. The molecule has 1 fully saturated rings. The van der Waals surface area contributed by atoms with Crippen molar-refractivity contribution in [3.8, 4) is 0 Å². The van der Waals surface area contributed by atoms with Gasteiger partial charge >= 0.3 is 6.03 Å². The molecule has 1 heterocycles. The van der Waals surface area contributed by atoms with E-state index in [4.69, 9.17) is 0 Å². The summed E-state index contributed by atoms with van der Waals surface area (Å²) in [4.78, 5) is 17.2. The standard InChI is InChI=1S/C20H25N3O3S/c1-22-12-13-23(19(15-22)17-6-4-3-5-7-17)20(24)21-14-16-8-10-18(11-9-16)27(2,25)26/h3-11,19H,12-15H2,1-2H3,(H,21,24). The number of carbonyl (C=O) groups excluding carboxylic acids is 1. The van der Waals surface area contributed by atoms with E-state index in [9.17, 15) is 13.2 Å². The molecule has 3 rings (SSSR count). The quantitative estimate of drug-likeness (QED) is 0.874. The first kappa shape index (κ1) is 19.4. The van der Waals surface area contributed by atoms with Crippen LogP contribution in [0.25, 0.3) is 0 Å². The van der Waals surface area contributed by atoms with Crippen LogP contribution < -0.4 is 5.32 Å². The van der Waals surface area contributed by atoms with Gasteiger partial charge in [-0.15, -0.1) is 0 Å². The summed E-state index contributed by atoms with van der Waals surface area (Å²) in [7, 11) is -1.15. The number of carbonyl (C=O) groups is 1. The first-order valence-corrected chi connectivity index (χ1v) is 10.8. The fourth-order valence-corrected chi connectivity index (χ4v) is 3.89. The van der Waals surface area contributed by atoms with Crippen LogP contribution in [0.1, 0.15) is 17.2 Å². The third-order valence-electron chi connectivity index (χ3n) is 4.82. The third kappa shape index (κ3) is 4.87. The molecular formula is C20H25N3O3S. The molecule has 7 heteroatoms. The maximum atomic E-state index is 12.8. The van der Waals surface area contributed by atoms with Crippen LogP contribution in [0, 0.1) is 0 Å². The highest BCUT2D eigenvalue weighted by atomic mass is 32.2. The molecule has 1 atom stereocenters. The number of hydrogen-bond donors (Lipinski definition) is 1. The number of piperazine rings is 1. The van der Waals surface area contributed by atoms with Gasteiger partial charge in [0.1, 0.15) is 0 Å². The van der Waals surface area contributed by atoms with Crippen LogP contribution >= 0.6 is 0 Å². The van der Waals surface area contributed by atoms with E-state index in [1.807, 2.05) is 35.2 Å². The van der Waals surface area contributed by atoms with Crippen LogP contribution in [-0.2, 0) is 16.4 Å². The predicted molar refractivity (Wildman–Crippen MR) is 105 cm³/mol. The van der Waals surface area contributed by atoms with Gasteiger partial charge in [0.25, 0.3) is 0 Å². The zero-order valence-electron chi connectivity index (χ0n) is 15.6. The van der Waals surface area contributed by atoms with Gasteiger partial charge in [-0.3, -0.25) is 0 Å². The SMILES string of the molecule is CN1CCN(C(=O)NCc2ccc(S(C)(=O)=O)cc2)C(c2ccccc2)C1. The van der Waals surface area contributed by atoms with Crippen LogP contribution in [0.5, 0.6) is 0 Å². The van der Waals surface area contributed by atoms with Gasteiger partial charge in [0.15, 0.2) is 9.84 Å². The minimum absolute atomic E-state index is 0.0116. The molecule has 2 aromatic carbocycles. The molecule has 0 aliphatic carbocycles. The van der Waals surface area contributed by atoms with Crippen molar-refractivity contribution < 1.29 is 13.2 Å². The highest BCUT2D eigenvalue weighted by molar-refractivity contribution is 7.90. The Morgan fingerprint density at radius 2 is 1.74 bits per heavy atom. The molecule has 2 aromatic rings. The molecule has 0 radical (unpaired) electrons. The third-order valence-corrected chi connectivity index (χ3v) is 5.95. The van der Waals surface area contributed by atoms with Crippen molar-refractivity contribution in [2.45, 2.75) is 17.5 Å². The van der Waals surface area contributed by atoms with E-state index in [0.29, 0.717) is 13.1 Å². The summed E-state index contributed by atoms with van der Waals surface area (Å²) >= 11 is 0. The van der Waals surface area contributed by atoms with Crippen LogP contribution in [-0.4, -0.2) is 57.2 Å².